The Labute approximate surface area is 133 Å². The van der Waals surface area contributed by atoms with Crippen LogP contribution in [0.1, 0.15) is 12.8 Å². The van der Waals surface area contributed by atoms with Gasteiger partial charge >= 0.3 is 0 Å². The lowest BCUT2D eigenvalue weighted by molar-refractivity contribution is -0.132. The molecule has 0 saturated carbocycles. The lowest BCUT2D eigenvalue weighted by atomic mass is 10.2. The van der Waals surface area contributed by atoms with Crippen molar-refractivity contribution < 1.29 is 13.2 Å². The fourth-order valence-corrected chi connectivity index (χ4v) is 4.34. The van der Waals surface area contributed by atoms with E-state index in [1.54, 1.807) is 9.21 Å². The summed E-state index contributed by atoms with van der Waals surface area (Å²) < 4.78 is 28.3. The number of nitrogens with two attached hydrogens (primary N) is 1. The van der Waals surface area contributed by atoms with E-state index in [2.05, 4.69) is 4.90 Å². The number of hydrogen-bond donors (Lipinski definition) is 1. The van der Waals surface area contributed by atoms with E-state index in [1.165, 1.54) is 4.31 Å². The number of carbonyl (C=O) groups is 1. The van der Waals surface area contributed by atoms with Crippen molar-refractivity contribution in [2.75, 3.05) is 66.0 Å². The molecule has 0 unspecified atom stereocenters. The highest BCUT2D eigenvalue weighted by molar-refractivity contribution is 7.86. The second kappa shape index (κ2) is 7.69. The summed E-state index contributed by atoms with van der Waals surface area (Å²) in [5.41, 5.74) is 5.41. The third-order valence-electron chi connectivity index (χ3n) is 4.30. The Bertz CT molecular complexity index is 468. The summed E-state index contributed by atoms with van der Waals surface area (Å²) in [5, 5.41) is 0. The third kappa shape index (κ3) is 4.17. The number of hydrogen-bond acceptors (Lipinski definition) is 5. The van der Waals surface area contributed by atoms with E-state index >= 15 is 0 Å². The number of piperazine rings is 2. The first-order valence-corrected chi connectivity index (χ1v) is 9.26. The van der Waals surface area contributed by atoms with E-state index in [1.807, 2.05) is 7.05 Å². The molecule has 2 heterocycles. The van der Waals surface area contributed by atoms with Gasteiger partial charge < -0.3 is 15.5 Å². The van der Waals surface area contributed by atoms with Crippen LogP contribution >= 0.6 is 0 Å². The highest BCUT2D eigenvalue weighted by Gasteiger charge is 2.34. The molecule has 0 radical (unpaired) electrons. The smallest absolute Gasteiger partial charge is 0.282 e. The molecule has 2 saturated heterocycles. The van der Waals surface area contributed by atoms with Crippen molar-refractivity contribution in [1.29, 1.82) is 0 Å². The topological polar surface area (TPSA) is 90.2 Å². The van der Waals surface area contributed by atoms with Crippen molar-refractivity contribution in [1.82, 2.24) is 18.4 Å². The number of rotatable bonds is 5. The fraction of sp³-hybridized carbons (Fsp3) is 0.923. The van der Waals surface area contributed by atoms with Gasteiger partial charge in [0.2, 0.25) is 5.91 Å². The average Bonchev–Trinajstić information content (AvgIpc) is 2.53. The van der Waals surface area contributed by atoms with Crippen LogP contribution < -0.4 is 5.73 Å². The molecular formula is C13H27N5O3S. The molecule has 0 spiro atoms. The van der Waals surface area contributed by atoms with Crippen LogP contribution in [-0.4, -0.2) is 98.7 Å². The van der Waals surface area contributed by atoms with Gasteiger partial charge in [0.05, 0.1) is 0 Å². The summed E-state index contributed by atoms with van der Waals surface area (Å²) in [7, 11) is -1.40. The van der Waals surface area contributed by atoms with Crippen LogP contribution in [0.25, 0.3) is 0 Å². The molecule has 2 rings (SSSR count). The monoisotopic (exact) mass is 333 g/mol. The standard InChI is InChI=1S/C13H27N5O3S/c1-15-5-9-17(10-6-15)22(20,21)18-11-7-16(8-12-18)13(19)3-2-4-14/h2-12,14H2,1H3. The minimum absolute atomic E-state index is 0.0714. The summed E-state index contributed by atoms with van der Waals surface area (Å²) in [4.78, 5) is 15.8. The van der Waals surface area contributed by atoms with Gasteiger partial charge in [-0.1, -0.05) is 0 Å². The van der Waals surface area contributed by atoms with E-state index in [0.717, 1.165) is 13.1 Å². The highest BCUT2D eigenvalue weighted by atomic mass is 32.2. The molecule has 8 nitrogen and oxygen atoms in total. The van der Waals surface area contributed by atoms with Crippen LogP contribution in [0.15, 0.2) is 0 Å². The number of amides is 1. The summed E-state index contributed by atoms with van der Waals surface area (Å²) >= 11 is 0. The van der Waals surface area contributed by atoms with Crippen molar-refractivity contribution in [3.05, 3.63) is 0 Å². The number of carbonyl (C=O) groups excluding carboxylic acids is 1. The lowest BCUT2D eigenvalue weighted by Gasteiger charge is -2.39. The molecule has 2 aliphatic heterocycles. The molecule has 2 N–H and O–H groups in total. The maximum atomic E-state index is 12.6. The molecule has 0 bridgehead atoms. The SMILES string of the molecule is CN1CCN(S(=O)(=O)N2CCN(C(=O)CCCN)CC2)CC1. The Morgan fingerprint density at radius 2 is 1.45 bits per heavy atom. The summed E-state index contributed by atoms with van der Waals surface area (Å²) in [5.74, 6) is 0.0714. The zero-order valence-corrected chi connectivity index (χ0v) is 14.1. The van der Waals surface area contributed by atoms with Crippen molar-refractivity contribution >= 4 is 16.1 Å². The van der Waals surface area contributed by atoms with E-state index < -0.39 is 10.2 Å². The molecule has 22 heavy (non-hydrogen) atoms. The van der Waals surface area contributed by atoms with Gasteiger partial charge in [-0.15, -0.1) is 0 Å². The molecule has 0 aromatic carbocycles. The molecule has 0 aliphatic carbocycles. The van der Waals surface area contributed by atoms with Crippen LogP contribution in [-0.2, 0) is 15.0 Å². The molecule has 9 heteroatoms. The first-order valence-electron chi connectivity index (χ1n) is 7.87. The third-order valence-corrected chi connectivity index (χ3v) is 6.34. The van der Waals surface area contributed by atoms with Crippen molar-refractivity contribution in [2.45, 2.75) is 12.8 Å². The Morgan fingerprint density at radius 1 is 0.955 bits per heavy atom. The van der Waals surface area contributed by atoms with Gasteiger partial charge in [0.15, 0.2) is 0 Å². The summed E-state index contributed by atoms with van der Waals surface area (Å²) in [6.45, 7) is 4.79. The molecule has 0 aromatic rings. The van der Waals surface area contributed by atoms with Crippen LogP contribution in [0.5, 0.6) is 0 Å². The van der Waals surface area contributed by atoms with Gasteiger partial charge in [-0.3, -0.25) is 4.79 Å². The molecule has 0 atom stereocenters. The Morgan fingerprint density at radius 3 is 1.95 bits per heavy atom. The summed E-state index contributed by atoms with van der Waals surface area (Å²) in [6, 6.07) is 0. The Kier molecular flexibility index (Phi) is 6.16. The quantitative estimate of drug-likeness (QED) is 0.652. The number of nitrogens with zero attached hydrogens (tertiary/aromatic N) is 4. The van der Waals surface area contributed by atoms with Crippen LogP contribution in [0.2, 0.25) is 0 Å². The zero-order valence-electron chi connectivity index (χ0n) is 13.3. The fourth-order valence-electron chi connectivity index (χ4n) is 2.76. The lowest BCUT2D eigenvalue weighted by Crippen LogP contribution is -2.57. The van der Waals surface area contributed by atoms with E-state index in [9.17, 15) is 13.2 Å². The normalized spacial score (nSPS) is 22.9. The van der Waals surface area contributed by atoms with Gasteiger partial charge in [0.1, 0.15) is 0 Å². The van der Waals surface area contributed by atoms with Crippen LogP contribution in [0, 0.1) is 0 Å². The highest BCUT2D eigenvalue weighted by Crippen LogP contribution is 2.15. The van der Waals surface area contributed by atoms with E-state index in [-0.39, 0.29) is 5.91 Å². The maximum absolute atomic E-state index is 12.6. The van der Waals surface area contributed by atoms with E-state index in [4.69, 9.17) is 5.73 Å². The van der Waals surface area contributed by atoms with Gasteiger partial charge in [-0.05, 0) is 20.0 Å². The van der Waals surface area contributed by atoms with Crippen molar-refractivity contribution in [3.63, 3.8) is 0 Å². The average molecular weight is 333 g/mol. The Hall–Kier alpha value is -0.740. The first kappa shape index (κ1) is 17.6. The predicted octanol–water partition coefficient (Wildman–Crippen LogP) is -1.64. The van der Waals surface area contributed by atoms with Gasteiger partial charge in [0, 0.05) is 58.8 Å². The molecule has 2 fully saturated rings. The van der Waals surface area contributed by atoms with Crippen molar-refractivity contribution in [2.24, 2.45) is 5.73 Å². The van der Waals surface area contributed by atoms with Gasteiger partial charge in [-0.25, -0.2) is 0 Å². The predicted molar refractivity (Wildman–Crippen MR) is 84.4 cm³/mol. The van der Waals surface area contributed by atoms with Crippen molar-refractivity contribution in [3.8, 4) is 0 Å². The molecular weight excluding hydrogens is 306 g/mol. The molecule has 0 aromatic heterocycles. The molecule has 128 valence electrons. The second-order valence-electron chi connectivity index (χ2n) is 5.88. The first-order chi connectivity index (χ1) is 10.4. The van der Waals surface area contributed by atoms with Crippen LogP contribution in [0.4, 0.5) is 0 Å². The van der Waals surface area contributed by atoms with Gasteiger partial charge in [0.25, 0.3) is 10.2 Å². The summed E-state index contributed by atoms with van der Waals surface area (Å²) in [6.07, 6.45) is 1.13. The molecule has 2 aliphatic rings. The minimum Gasteiger partial charge on any atom is -0.340 e. The molecule has 1 amide bonds. The maximum Gasteiger partial charge on any atom is 0.282 e. The van der Waals surface area contributed by atoms with Gasteiger partial charge in [-0.2, -0.15) is 17.0 Å². The second-order valence-corrected chi connectivity index (χ2v) is 7.81. The zero-order chi connectivity index (χ0) is 16.2. The van der Waals surface area contributed by atoms with Crippen LogP contribution in [0.3, 0.4) is 0 Å². The number of likely N-dealkylation sites (N-methyl/N-ethyl adjacent to an activating group) is 1. The minimum atomic E-state index is -3.39. The largest absolute Gasteiger partial charge is 0.340 e. The Balaban J connectivity index is 1.86. The van der Waals surface area contributed by atoms with E-state index in [0.29, 0.717) is 58.7 Å².